The predicted octanol–water partition coefficient (Wildman–Crippen LogP) is 2.82. The van der Waals surface area contributed by atoms with Gasteiger partial charge in [0.15, 0.2) is 12.6 Å². The van der Waals surface area contributed by atoms with Gasteiger partial charge in [-0.15, -0.1) is 0 Å². The normalized spacial score (nSPS) is 20.4. The molecule has 1 amide bonds. The number of guanidine groups is 1. The number of nitrogens with zero attached hydrogens (tertiary/aromatic N) is 1. The summed E-state index contributed by atoms with van der Waals surface area (Å²) >= 11 is 0. The topological polar surface area (TPSA) is 88.7 Å². The van der Waals surface area contributed by atoms with Crippen molar-refractivity contribution in [1.82, 2.24) is 10.6 Å². The van der Waals surface area contributed by atoms with Crippen LogP contribution in [0.1, 0.15) is 52.0 Å². The van der Waals surface area contributed by atoms with Crippen LogP contribution in [0, 0.1) is 11.8 Å². The zero-order valence-corrected chi connectivity index (χ0v) is 16.8. The molecule has 0 unspecified atom stereocenters. The number of rotatable bonds is 8. The minimum Gasteiger partial charge on any atom is -0.484 e. The summed E-state index contributed by atoms with van der Waals surface area (Å²) in [5.41, 5.74) is 6.15. The second-order valence-electron chi connectivity index (χ2n) is 7.60. The average Bonchev–Trinajstić information content (AvgIpc) is 2.65. The number of aliphatic imine (C=N–C) groups is 1. The molecule has 0 saturated heterocycles. The fraction of sp³-hybridized carbons (Fsp3) is 0.619. The van der Waals surface area contributed by atoms with E-state index in [0.29, 0.717) is 18.3 Å². The van der Waals surface area contributed by atoms with E-state index in [1.54, 1.807) is 0 Å². The average molecular weight is 375 g/mol. The molecule has 0 spiro atoms. The molecule has 6 nitrogen and oxygen atoms in total. The molecule has 27 heavy (non-hydrogen) atoms. The fourth-order valence-corrected chi connectivity index (χ4v) is 3.50. The third-order valence-corrected chi connectivity index (χ3v) is 5.10. The van der Waals surface area contributed by atoms with Gasteiger partial charge in [-0.1, -0.05) is 26.0 Å². The SMILES string of the molecule is CCNC(=NCc1cccc(OCC(N)=O)c1)NC1CCC(C(C)C)CC1. The molecule has 2 rings (SSSR count). The second kappa shape index (κ2) is 10.8. The summed E-state index contributed by atoms with van der Waals surface area (Å²) in [5, 5.41) is 6.92. The number of hydrogen-bond acceptors (Lipinski definition) is 3. The number of primary amides is 1. The van der Waals surface area contributed by atoms with Gasteiger partial charge in [-0.2, -0.15) is 0 Å². The lowest BCUT2D eigenvalue weighted by molar-refractivity contribution is -0.119. The Kier molecular flexibility index (Phi) is 8.43. The standard InChI is InChI=1S/C21H34N4O2/c1-4-23-21(25-18-10-8-17(9-11-18)15(2)3)24-13-16-6-5-7-19(12-16)27-14-20(22)26/h5-7,12,15,17-18H,4,8-11,13-14H2,1-3H3,(H2,22,26)(H2,23,24,25). The number of carbonyl (C=O) groups excluding carboxylic acids is 1. The Bertz CT molecular complexity index is 622. The summed E-state index contributed by atoms with van der Waals surface area (Å²) in [7, 11) is 0. The molecular formula is C21H34N4O2. The molecule has 0 aromatic heterocycles. The van der Waals surface area contributed by atoms with Crippen molar-refractivity contribution in [2.45, 2.75) is 59.0 Å². The number of amides is 1. The van der Waals surface area contributed by atoms with E-state index in [1.807, 2.05) is 24.3 Å². The minimum absolute atomic E-state index is 0.115. The van der Waals surface area contributed by atoms with Crippen LogP contribution in [0.15, 0.2) is 29.3 Å². The van der Waals surface area contributed by atoms with Gasteiger partial charge in [0.2, 0.25) is 0 Å². The van der Waals surface area contributed by atoms with E-state index in [4.69, 9.17) is 15.5 Å². The van der Waals surface area contributed by atoms with Crippen molar-refractivity contribution in [2.24, 2.45) is 22.6 Å². The van der Waals surface area contributed by atoms with Crippen LogP contribution in [0.25, 0.3) is 0 Å². The first-order valence-electron chi connectivity index (χ1n) is 10.0. The smallest absolute Gasteiger partial charge is 0.255 e. The van der Waals surface area contributed by atoms with Crippen molar-refractivity contribution in [3.05, 3.63) is 29.8 Å². The zero-order chi connectivity index (χ0) is 19.6. The lowest BCUT2D eigenvalue weighted by atomic mass is 9.80. The number of benzene rings is 1. The Morgan fingerprint density at radius 2 is 2.04 bits per heavy atom. The highest BCUT2D eigenvalue weighted by Crippen LogP contribution is 2.29. The fourth-order valence-electron chi connectivity index (χ4n) is 3.50. The van der Waals surface area contributed by atoms with E-state index in [-0.39, 0.29) is 6.61 Å². The van der Waals surface area contributed by atoms with E-state index < -0.39 is 5.91 Å². The molecular weight excluding hydrogens is 340 g/mol. The Morgan fingerprint density at radius 1 is 1.30 bits per heavy atom. The second-order valence-corrected chi connectivity index (χ2v) is 7.60. The first-order valence-corrected chi connectivity index (χ1v) is 10.0. The highest BCUT2D eigenvalue weighted by atomic mass is 16.5. The first kappa shape index (κ1) is 21.1. The Labute approximate surface area is 163 Å². The van der Waals surface area contributed by atoms with Gasteiger partial charge in [-0.3, -0.25) is 4.79 Å². The van der Waals surface area contributed by atoms with Gasteiger partial charge >= 0.3 is 0 Å². The van der Waals surface area contributed by atoms with Crippen molar-refractivity contribution < 1.29 is 9.53 Å². The molecule has 0 atom stereocenters. The maximum atomic E-state index is 10.8. The van der Waals surface area contributed by atoms with Crippen molar-refractivity contribution in [1.29, 1.82) is 0 Å². The van der Waals surface area contributed by atoms with E-state index in [0.717, 1.165) is 29.9 Å². The highest BCUT2D eigenvalue weighted by Gasteiger charge is 2.23. The Balaban J connectivity index is 1.91. The number of hydrogen-bond donors (Lipinski definition) is 3. The van der Waals surface area contributed by atoms with Gasteiger partial charge in [0.1, 0.15) is 5.75 Å². The third kappa shape index (κ3) is 7.49. The lowest BCUT2D eigenvalue weighted by Gasteiger charge is -2.32. The molecule has 150 valence electrons. The van der Waals surface area contributed by atoms with E-state index >= 15 is 0 Å². The summed E-state index contributed by atoms with van der Waals surface area (Å²) in [5.74, 6) is 2.63. The summed E-state index contributed by atoms with van der Waals surface area (Å²) in [6, 6.07) is 8.09. The van der Waals surface area contributed by atoms with Crippen LogP contribution in [0.4, 0.5) is 0 Å². The zero-order valence-electron chi connectivity index (χ0n) is 16.8. The Morgan fingerprint density at radius 3 is 2.67 bits per heavy atom. The van der Waals surface area contributed by atoms with Crippen molar-refractivity contribution >= 4 is 11.9 Å². The summed E-state index contributed by atoms with van der Waals surface area (Å²) < 4.78 is 5.36. The number of nitrogens with one attached hydrogen (secondary N) is 2. The molecule has 4 N–H and O–H groups in total. The lowest BCUT2D eigenvalue weighted by Crippen LogP contribution is -2.45. The summed E-state index contributed by atoms with van der Waals surface area (Å²) in [6.07, 6.45) is 4.97. The highest BCUT2D eigenvalue weighted by molar-refractivity contribution is 5.80. The molecule has 6 heteroatoms. The molecule has 1 fully saturated rings. The molecule has 1 saturated carbocycles. The van der Waals surface area contributed by atoms with Crippen LogP contribution in [0.5, 0.6) is 5.75 Å². The van der Waals surface area contributed by atoms with E-state index in [9.17, 15) is 4.79 Å². The van der Waals surface area contributed by atoms with Crippen molar-refractivity contribution in [3.8, 4) is 5.75 Å². The molecule has 0 bridgehead atoms. The van der Waals surface area contributed by atoms with Gasteiger partial charge in [0.25, 0.3) is 5.91 Å². The minimum atomic E-state index is -0.482. The van der Waals surface area contributed by atoms with E-state index in [2.05, 4.69) is 31.4 Å². The van der Waals surface area contributed by atoms with Gasteiger partial charge in [0.05, 0.1) is 6.54 Å². The third-order valence-electron chi connectivity index (χ3n) is 5.10. The first-order chi connectivity index (χ1) is 13.0. The number of ether oxygens (including phenoxy) is 1. The van der Waals surface area contributed by atoms with Crippen LogP contribution >= 0.6 is 0 Å². The molecule has 1 aromatic rings. The van der Waals surface area contributed by atoms with Crippen molar-refractivity contribution in [2.75, 3.05) is 13.2 Å². The molecule has 0 heterocycles. The summed E-state index contributed by atoms with van der Waals surface area (Å²) in [4.78, 5) is 15.6. The van der Waals surface area contributed by atoms with Crippen molar-refractivity contribution in [3.63, 3.8) is 0 Å². The van der Waals surface area contributed by atoms with Gasteiger partial charge < -0.3 is 21.1 Å². The maximum Gasteiger partial charge on any atom is 0.255 e. The quantitative estimate of drug-likeness (QED) is 0.482. The van der Waals surface area contributed by atoms with E-state index in [1.165, 1.54) is 25.7 Å². The number of nitrogens with two attached hydrogens (primary N) is 1. The largest absolute Gasteiger partial charge is 0.484 e. The van der Waals surface area contributed by atoms with Gasteiger partial charge in [-0.05, 0) is 62.1 Å². The van der Waals surface area contributed by atoms with Gasteiger partial charge in [-0.25, -0.2) is 4.99 Å². The molecule has 0 radical (unpaired) electrons. The molecule has 1 aliphatic carbocycles. The Hall–Kier alpha value is -2.24. The summed E-state index contributed by atoms with van der Waals surface area (Å²) in [6.45, 7) is 7.98. The molecule has 1 aliphatic rings. The number of carbonyl (C=O) groups is 1. The van der Waals surface area contributed by atoms with Crippen LogP contribution in [0.3, 0.4) is 0 Å². The predicted molar refractivity (Wildman–Crippen MR) is 110 cm³/mol. The monoisotopic (exact) mass is 374 g/mol. The molecule has 0 aliphatic heterocycles. The van der Waals surface area contributed by atoms with Crippen LogP contribution in [-0.4, -0.2) is 31.1 Å². The van der Waals surface area contributed by atoms with Crippen LogP contribution < -0.4 is 21.1 Å². The maximum absolute atomic E-state index is 10.8. The molecule has 1 aromatic carbocycles. The van der Waals surface area contributed by atoms with Gasteiger partial charge in [0, 0.05) is 12.6 Å². The van der Waals surface area contributed by atoms with Crippen LogP contribution in [-0.2, 0) is 11.3 Å². The van der Waals surface area contributed by atoms with Crippen LogP contribution in [0.2, 0.25) is 0 Å².